The summed E-state index contributed by atoms with van der Waals surface area (Å²) in [6.45, 7) is 3.84. The maximum absolute atomic E-state index is 12.4. The molecule has 0 spiro atoms. The Morgan fingerprint density at radius 3 is 2.88 bits per heavy atom. The number of carbonyl (C=O) groups is 1. The van der Waals surface area contributed by atoms with Gasteiger partial charge in [-0.2, -0.15) is 0 Å². The third-order valence-corrected chi connectivity index (χ3v) is 5.10. The molecule has 4 rings (SSSR count). The van der Waals surface area contributed by atoms with E-state index in [4.69, 9.17) is 0 Å². The molecule has 1 saturated heterocycles. The highest BCUT2D eigenvalue weighted by Gasteiger charge is 2.25. The normalized spacial score (nSPS) is 15.3. The fraction of sp³-hybridized carbons (Fsp3) is 0.350. The second kappa shape index (κ2) is 7.15. The molecule has 6 nitrogen and oxygen atoms in total. The van der Waals surface area contributed by atoms with Gasteiger partial charge in [0.1, 0.15) is 5.82 Å². The van der Waals surface area contributed by atoms with Gasteiger partial charge in [0.25, 0.3) is 0 Å². The first-order valence-electron chi connectivity index (χ1n) is 9.08. The molecule has 1 fully saturated rings. The Morgan fingerprint density at radius 2 is 2.08 bits per heavy atom. The maximum Gasteiger partial charge on any atom is 0.317 e. The fourth-order valence-electron chi connectivity index (χ4n) is 3.71. The van der Waals surface area contributed by atoms with Crippen molar-refractivity contribution in [2.45, 2.75) is 32.2 Å². The van der Waals surface area contributed by atoms with Crippen LogP contribution in [0.1, 0.15) is 35.8 Å². The molecule has 0 radical (unpaired) electrons. The number of aromatic nitrogens is 3. The number of benzene rings is 1. The molecule has 6 heteroatoms. The van der Waals surface area contributed by atoms with Gasteiger partial charge in [-0.15, -0.1) is 0 Å². The predicted octanol–water partition coefficient (Wildman–Crippen LogP) is 3.36. The fourth-order valence-corrected chi connectivity index (χ4v) is 3.71. The Hall–Kier alpha value is -2.89. The van der Waals surface area contributed by atoms with Gasteiger partial charge in [0, 0.05) is 36.4 Å². The second-order valence-electron chi connectivity index (χ2n) is 6.80. The molecule has 1 aromatic carbocycles. The number of aryl methyl sites for hydroxylation is 1. The highest BCUT2D eigenvalue weighted by atomic mass is 16.2. The number of urea groups is 1. The first-order chi connectivity index (χ1) is 12.7. The van der Waals surface area contributed by atoms with E-state index in [0.29, 0.717) is 12.5 Å². The van der Waals surface area contributed by atoms with Crippen molar-refractivity contribution < 1.29 is 4.79 Å². The van der Waals surface area contributed by atoms with E-state index in [0.717, 1.165) is 37.4 Å². The number of hydrogen-bond acceptors (Lipinski definition) is 3. The Kier molecular flexibility index (Phi) is 4.56. The number of rotatable bonds is 3. The van der Waals surface area contributed by atoms with Crippen LogP contribution in [0.5, 0.6) is 0 Å². The monoisotopic (exact) mass is 349 g/mol. The summed E-state index contributed by atoms with van der Waals surface area (Å²) in [7, 11) is 0. The lowest BCUT2D eigenvalue weighted by Crippen LogP contribution is -2.43. The smallest absolute Gasteiger partial charge is 0.317 e. The Bertz CT molecular complexity index is 911. The van der Waals surface area contributed by atoms with Gasteiger partial charge in [0.2, 0.25) is 0 Å². The molecule has 0 saturated carbocycles. The maximum atomic E-state index is 12.4. The van der Waals surface area contributed by atoms with Crippen LogP contribution in [-0.2, 0) is 6.54 Å². The molecular formula is C20H23N5O. The SMILES string of the molecule is Cc1nccc(CNC(=O)N2CCC(c3c[nH]c4ccccc34)CC2)n1. The van der Waals surface area contributed by atoms with Gasteiger partial charge in [-0.1, -0.05) is 18.2 Å². The van der Waals surface area contributed by atoms with E-state index < -0.39 is 0 Å². The van der Waals surface area contributed by atoms with Gasteiger partial charge in [-0.3, -0.25) is 0 Å². The summed E-state index contributed by atoms with van der Waals surface area (Å²) in [5, 5.41) is 4.27. The van der Waals surface area contributed by atoms with E-state index in [1.54, 1.807) is 6.20 Å². The number of nitrogens with zero attached hydrogens (tertiary/aromatic N) is 3. The van der Waals surface area contributed by atoms with Crippen molar-refractivity contribution in [3.05, 3.63) is 59.8 Å². The summed E-state index contributed by atoms with van der Waals surface area (Å²) >= 11 is 0. The van der Waals surface area contributed by atoms with Crippen molar-refractivity contribution in [3.8, 4) is 0 Å². The van der Waals surface area contributed by atoms with E-state index in [1.807, 2.05) is 17.9 Å². The molecule has 2 amide bonds. The van der Waals surface area contributed by atoms with Gasteiger partial charge >= 0.3 is 6.03 Å². The molecule has 26 heavy (non-hydrogen) atoms. The zero-order chi connectivity index (χ0) is 17.9. The van der Waals surface area contributed by atoms with Crippen LogP contribution < -0.4 is 5.32 Å². The highest BCUT2D eigenvalue weighted by molar-refractivity contribution is 5.83. The highest BCUT2D eigenvalue weighted by Crippen LogP contribution is 2.33. The third-order valence-electron chi connectivity index (χ3n) is 5.10. The standard InChI is InChI=1S/C20H23N5O/c1-14-21-9-6-16(24-14)12-23-20(26)25-10-7-15(8-11-25)18-13-22-19-5-3-2-4-17(18)19/h2-6,9,13,15,22H,7-8,10-12H2,1H3,(H,23,26). The first-order valence-corrected chi connectivity index (χ1v) is 9.08. The minimum atomic E-state index is -0.0151. The minimum absolute atomic E-state index is 0.0151. The van der Waals surface area contributed by atoms with Crippen LogP contribution >= 0.6 is 0 Å². The average molecular weight is 349 g/mol. The summed E-state index contributed by atoms with van der Waals surface area (Å²) in [5.41, 5.74) is 3.39. The largest absolute Gasteiger partial charge is 0.361 e. The third kappa shape index (κ3) is 3.40. The van der Waals surface area contributed by atoms with Crippen LogP contribution in [0.15, 0.2) is 42.7 Å². The minimum Gasteiger partial charge on any atom is -0.361 e. The number of amides is 2. The number of nitrogens with one attached hydrogen (secondary N) is 2. The quantitative estimate of drug-likeness (QED) is 0.761. The summed E-state index contributed by atoms with van der Waals surface area (Å²) in [6, 6.07) is 10.2. The number of piperidine rings is 1. The van der Waals surface area contributed by atoms with Crippen LogP contribution in [0, 0.1) is 6.92 Å². The molecule has 3 heterocycles. The average Bonchev–Trinajstić information content (AvgIpc) is 3.10. The number of hydrogen-bond donors (Lipinski definition) is 2. The van der Waals surface area contributed by atoms with Crippen LogP contribution in [-0.4, -0.2) is 39.0 Å². The van der Waals surface area contributed by atoms with Gasteiger partial charge in [0.05, 0.1) is 12.2 Å². The molecule has 0 bridgehead atoms. The van der Waals surface area contributed by atoms with Gasteiger partial charge in [-0.05, 0) is 43.4 Å². The van der Waals surface area contributed by atoms with Crippen LogP contribution in [0.2, 0.25) is 0 Å². The van der Waals surface area contributed by atoms with Crippen molar-refractivity contribution in [2.24, 2.45) is 0 Å². The van der Waals surface area contributed by atoms with E-state index in [2.05, 4.69) is 50.7 Å². The van der Waals surface area contributed by atoms with Crippen LogP contribution in [0.25, 0.3) is 10.9 Å². The van der Waals surface area contributed by atoms with Crippen molar-refractivity contribution in [3.63, 3.8) is 0 Å². The first kappa shape index (κ1) is 16.6. The lowest BCUT2D eigenvalue weighted by atomic mass is 9.89. The molecule has 134 valence electrons. The van der Waals surface area contributed by atoms with Gasteiger partial charge in [0.15, 0.2) is 0 Å². The van der Waals surface area contributed by atoms with E-state index in [-0.39, 0.29) is 6.03 Å². The number of H-pyrrole nitrogens is 1. The Balaban J connectivity index is 1.33. The molecule has 1 aliphatic heterocycles. The molecule has 3 aromatic rings. The predicted molar refractivity (Wildman–Crippen MR) is 101 cm³/mol. The van der Waals surface area contributed by atoms with Crippen LogP contribution in [0.4, 0.5) is 4.79 Å². The van der Waals surface area contributed by atoms with Crippen molar-refractivity contribution in [1.29, 1.82) is 0 Å². The molecule has 2 N–H and O–H groups in total. The summed E-state index contributed by atoms with van der Waals surface area (Å²) in [6.07, 6.45) is 5.82. The molecule has 0 atom stereocenters. The van der Waals surface area contributed by atoms with Crippen molar-refractivity contribution in [1.82, 2.24) is 25.2 Å². The zero-order valence-electron chi connectivity index (χ0n) is 14.9. The Labute approximate surface area is 152 Å². The summed E-state index contributed by atoms with van der Waals surface area (Å²) < 4.78 is 0. The Morgan fingerprint density at radius 1 is 1.27 bits per heavy atom. The van der Waals surface area contributed by atoms with Crippen LogP contribution in [0.3, 0.4) is 0 Å². The lowest BCUT2D eigenvalue weighted by Gasteiger charge is -2.32. The van der Waals surface area contributed by atoms with Crippen molar-refractivity contribution >= 4 is 16.9 Å². The lowest BCUT2D eigenvalue weighted by molar-refractivity contribution is 0.181. The number of likely N-dealkylation sites (tertiary alicyclic amines) is 1. The molecular weight excluding hydrogens is 326 g/mol. The number of fused-ring (bicyclic) bond motifs is 1. The van der Waals surface area contributed by atoms with E-state index in [9.17, 15) is 4.79 Å². The number of para-hydroxylation sites is 1. The van der Waals surface area contributed by atoms with E-state index >= 15 is 0 Å². The molecule has 1 aliphatic rings. The molecule has 0 unspecified atom stereocenters. The number of aromatic amines is 1. The topological polar surface area (TPSA) is 73.9 Å². The van der Waals surface area contributed by atoms with E-state index in [1.165, 1.54) is 16.5 Å². The summed E-state index contributed by atoms with van der Waals surface area (Å²) in [4.78, 5) is 26.1. The second-order valence-corrected chi connectivity index (χ2v) is 6.80. The van der Waals surface area contributed by atoms with Gasteiger partial charge < -0.3 is 15.2 Å². The summed E-state index contributed by atoms with van der Waals surface area (Å²) in [5.74, 6) is 1.22. The zero-order valence-corrected chi connectivity index (χ0v) is 14.9. The molecule has 0 aliphatic carbocycles. The number of carbonyl (C=O) groups excluding carboxylic acids is 1. The molecule has 2 aromatic heterocycles. The van der Waals surface area contributed by atoms with Crippen molar-refractivity contribution in [2.75, 3.05) is 13.1 Å². The van der Waals surface area contributed by atoms with Gasteiger partial charge in [-0.25, -0.2) is 14.8 Å².